The number of primary amides is 1. The molecule has 1 saturated heterocycles. The van der Waals surface area contributed by atoms with E-state index in [1.165, 1.54) is 34.2 Å². The van der Waals surface area contributed by atoms with Crippen molar-refractivity contribution >= 4 is 64.0 Å². The van der Waals surface area contributed by atoms with Gasteiger partial charge in [0.15, 0.2) is 29.8 Å². The summed E-state index contributed by atoms with van der Waals surface area (Å²) in [6.07, 6.45) is 5.18. The van der Waals surface area contributed by atoms with Crippen molar-refractivity contribution in [2.75, 3.05) is 11.1 Å². The third-order valence-corrected chi connectivity index (χ3v) is 8.16. The van der Waals surface area contributed by atoms with Crippen LogP contribution in [0.4, 0.5) is 5.13 Å². The molecule has 16 heteroatoms. The van der Waals surface area contributed by atoms with E-state index in [9.17, 15) is 29.1 Å². The first-order valence-electron chi connectivity index (χ1n) is 11.7. The summed E-state index contributed by atoms with van der Waals surface area (Å²) in [7, 11) is 0. The lowest BCUT2D eigenvalue weighted by molar-refractivity contribution is -0.689. The van der Waals surface area contributed by atoms with Crippen LogP contribution in [0.3, 0.4) is 0 Å². The van der Waals surface area contributed by atoms with Gasteiger partial charge in [-0.3, -0.25) is 24.1 Å². The Balaban J connectivity index is 1.32. The number of carbonyl (C=O) groups is 5. The lowest BCUT2D eigenvalue weighted by Gasteiger charge is -2.49. The first kappa shape index (κ1) is 26.3. The maximum Gasteiger partial charge on any atom is 0.352 e. The van der Waals surface area contributed by atoms with Crippen LogP contribution in [-0.2, 0) is 30.6 Å². The van der Waals surface area contributed by atoms with Gasteiger partial charge in [0.1, 0.15) is 28.9 Å². The summed E-state index contributed by atoms with van der Waals surface area (Å²) in [5.74, 6) is -2.84. The molecule has 1 aliphatic carbocycles. The molecule has 3 aliphatic rings. The number of aromatic nitrogens is 2. The summed E-state index contributed by atoms with van der Waals surface area (Å²) in [5, 5.41) is 20.1. The quantitative estimate of drug-likeness (QED) is 0.0895. The summed E-state index contributed by atoms with van der Waals surface area (Å²) >= 11 is 2.41. The highest BCUT2D eigenvalue weighted by molar-refractivity contribution is 8.00. The lowest BCUT2D eigenvalue weighted by Crippen LogP contribution is -2.71. The number of carboxylic acids is 1. The molecule has 39 heavy (non-hydrogen) atoms. The number of β-lactam (4-membered cyclic amide) rings is 1. The maximum atomic E-state index is 13.2. The van der Waals surface area contributed by atoms with Crippen LogP contribution in [0.5, 0.6) is 0 Å². The lowest BCUT2D eigenvalue weighted by atomic mass is 10.0. The van der Waals surface area contributed by atoms with Gasteiger partial charge >= 0.3 is 5.97 Å². The molecule has 0 radical (unpaired) electrons. The van der Waals surface area contributed by atoms with Gasteiger partial charge in [0.05, 0.1) is 5.56 Å². The third-order valence-electron chi connectivity index (χ3n) is 6.05. The van der Waals surface area contributed by atoms with Crippen LogP contribution in [0.25, 0.3) is 0 Å². The normalized spacial score (nSPS) is 20.6. The molecule has 2 atom stereocenters. The van der Waals surface area contributed by atoms with Crippen molar-refractivity contribution in [1.29, 1.82) is 0 Å². The van der Waals surface area contributed by atoms with Crippen LogP contribution in [0.15, 0.2) is 46.3 Å². The van der Waals surface area contributed by atoms with Gasteiger partial charge in [0.2, 0.25) is 12.3 Å². The molecule has 202 valence electrons. The molecule has 0 aromatic carbocycles. The number of hydrogen-bond acceptors (Lipinski definition) is 10. The van der Waals surface area contributed by atoms with E-state index in [4.69, 9.17) is 10.6 Å². The number of rotatable bonds is 11. The molecule has 2 fully saturated rings. The van der Waals surface area contributed by atoms with Gasteiger partial charge in [0.25, 0.3) is 11.8 Å². The Bertz CT molecular complexity index is 1420. The number of nitrogens with zero attached hydrogens (tertiary/aromatic N) is 4. The fraction of sp³-hybridized carbons (Fsp3) is 0.304. The number of anilines is 1. The number of nitrogens with one attached hydrogen (secondary N) is 2. The SMILES string of the molecule is NC(=O)c1cc[n+](CC2=C(C(=O)O)N3C(=O)[C@@H](NC(=O)C(=NOC4CC4)c4csc(NC=O)n4)[C@H]3SC2)cc1. The van der Waals surface area contributed by atoms with Crippen molar-refractivity contribution in [2.45, 2.75) is 36.9 Å². The van der Waals surface area contributed by atoms with E-state index in [1.54, 1.807) is 17.0 Å². The van der Waals surface area contributed by atoms with Gasteiger partial charge in [-0.05, 0) is 12.8 Å². The number of aliphatic carboxylic acids is 1. The highest BCUT2D eigenvalue weighted by atomic mass is 32.2. The molecular weight excluding hydrogens is 550 g/mol. The molecule has 4 amide bonds. The summed E-state index contributed by atoms with van der Waals surface area (Å²) in [6.45, 7) is 0.178. The van der Waals surface area contributed by atoms with Gasteiger partial charge in [-0.2, -0.15) is 0 Å². The average molecular weight is 573 g/mol. The molecule has 14 nitrogen and oxygen atoms in total. The van der Waals surface area contributed by atoms with Crippen molar-refractivity contribution in [2.24, 2.45) is 10.9 Å². The second-order valence-electron chi connectivity index (χ2n) is 8.79. The molecule has 4 heterocycles. The van der Waals surface area contributed by atoms with Crippen LogP contribution in [-0.4, -0.2) is 74.1 Å². The van der Waals surface area contributed by atoms with Gasteiger partial charge in [-0.15, -0.1) is 23.1 Å². The van der Waals surface area contributed by atoms with Crippen molar-refractivity contribution in [1.82, 2.24) is 15.2 Å². The molecule has 2 aromatic heterocycles. The molecule has 0 bridgehead atoms. The van der Waals surface area contributed by atoms with Gasteiger partial charge < -0.3 is 26.3 Å². The molecule has 5 N–H and O–H groups in total. The second-order valence-corrected chi connectivity index (χ2v) is 10.7. The Kier molecular flexibility index (Phi) is 7.30. The van der Waals surface area contributed by atoms with E-state index in [0.29, 0.717) is 23.3 Å². The second kappa shape index (κ2) is 10.8. The molecule has 2 aromatic rings. The number of pyridine rings is 1. The Hall–Kier alpha value is -4.31. The van der Waals surface area contributed by atoms with E-state index in [2.05, 4.69) is 20.8 Å². The highest BCUT2D eigenvalue weighted by Crippen LogP contribution is 2.40. The molecule has 2 aliphatic heterocycles. The van der Waals surface area contributed by atoms with Crippen molar-refractivity contribution < 1.29 is 38.5 Å². The van der Waals surface area contributed by atoms with Gasteiger partial charge in [0, 0.05) is 28.8 Å². The monoisotopic (exact) mass is 572 g/mol. The molecule has 0 unspecified atom stereocenters. The van der Waals surface area contributed by atoms with Crippen molar-refractivity contribution in [3.8, 4) is 0 Å². The minimum atomic E-state index is -1.26. The van der Waals surface area contributed by atoms with Crippen LogP contribution in [0.2, 0.25) is 0 Å². The zero-order valence-electron chi connectivity index (χ0n) is 20.1. The molecular formula is C23H22N7O7S2+. The standard InChI is InChI=1S/C23H21N7O7S2/c24-18(32)11-3-5-29(6-4-11)7-12-8-38-21-16(20(34)30(21)17(12)22(35)36)27-19(33)15(28-37-13-1-2-13)14-9-39-23(26-14)25-10-31/h3-6,9-10,13,16,21H,1-2,7-8H2,(H4-,24,25,26,27,31,32,33,35,36)/p+1/t16-,21-/m1/s1. The number of carboxylic acid groups (broad SMARTS) is 1. The van der Waals surface area contributed by atoms with E-state index in [-0.39, 0.29) is 34.9 Å². The number of thiazole rings is 1. The van der Waals surface area contributed by atoms with Crippen molar-refractivity contribution in [3.63, 3.8) is 0 Å². The minimum Gasteiger partial charge on any atom is -0.477 e. The van der Waals surface area contributed by atoms with Crippen LogP contribution in [0, 0.1) is 0 Å². The Morgan fingerprint density at radius 1 is 1.31 bits per heavy atom. The molecule has 5 rings (SSSR count). The Labute approximate surface area is 228 Å². The third kappa shape index (κ3) is 5.46. The predicted octanol–water partition coefficient (Wildman–Crippen LogP) is -0.580. The summed E-state index contributed by atoms with van der Waals surface area (Å²) in [4.78, 5) is 71.2. The van der Waals surface area contributed by atoms with Crippen LogP contribution < -0.4 is 20.9 Å². The highest BCUT2D eigenvalue weighted by Gasteiger charge is 2.54. The minimum absolute atomic E-state index is 0.0970. The number of carbonyl (C=O) groups excluding carboxylic acids is 4. The molecule has 0 spiro atoms. The zero-order valence-corrected chi connectivity index (χ0v) is 21.7. The van der Waals surface area contributed by atoms with Crippen molar-refractivity contribution in [3.05, 3.63) is 52.4 Å². The first-order chi connectivity index (χ1) is 18.8. The van der Waals surface area contributed by atoms with E-state index in [1.807, 2.05) is 0 Å². The maximum absolute atomic E-state index is 13.2. The number of thioether (sulfide) groups is 1. The largest absolute Gasteiger partial charge is 0.477 e. The number of fused-ring (bicyclic) bond motifs is 1. The fourth-order valence-electron chi connectivity index (χ4n) is 3.97. The van der Waals surface area contributed by atoms with Gasteiger partial charge in [-0.25, -0.2) is 14.3 Å². The number of hydrogen-bond donors (Lipinski definition) is 4. The number of nitrogens with two attached hydrogens (primary N) is 1. The Morgan fingerprint density at radius 3 is 2.69 bits per heavy atom. The molecule has 1 saturated carbocycles. The zero-order chi connectivity index (χ0) is 27.7. The van der Waals surface area contributed by atoms with Gasteiger partial charge in [-0.1, -0.05) is 5.16 Å². The number of amides is 4. The number of oxime groups is 1. The van der Waals surface area contributed by atoms with E-state index < -0.39 is 35.1 Å². The van der Waals surface area contributed by atoms with E-state index in [0.717, 1.165) is 24.2 Å². The van der Waals surface area contributed by atoms with E-state index >= 15 is 0 Å². The smallest absolute Gasteiger partial charge is 0.352 e. The average Bonchev–Trinajstić information content (AvgIpc) is 3.63. The predicted molar refractivity (Wildman–Crippen MR) is 137 cm³/mol. The fourth-order valence-corrected chi connectivity index (χ4v) is 5.96. The first-order valence-corrected chi connectivity index (χ1v) is 13.6. The topological polar surface area (TPSA) is 197 Å². The van der Waals surface area contributed by atoms with Crippen LogP contribution in [0.1, 0.15) is 28.9 Å². The Morgan fingerprint density at radius 2 is 2.05 bits per heavy atom. The summed E-state index contributed by atoms with van der Waals surface area (Å²) < 4.78 is 1.68. The summed E-state index contributed by atoms with van der Waals surface area (Å²) in [5.41, 5.74) is 5.94. The summed E-state index contributed by atoms with van der Waals surface area (Å²) in [6, 6.07) is 2.06. The van der Waals surface area contributed by atoms with Crippen LogP contribution >= 0.6 is 23.1 Å².